The van der Waals surface area contributed by atoms with Gasteiger partial charge in [-0.1, -0.05) is 30.3 Å². The van der Waals surface area contributed by atoms with Gasteiger partial charge in [0.2, 0.25) is 21.8 Å². The molecule has 1 N–H and O–H groups in total. The number of carbonyl (C=O) groups is 2. The number of anilines is 1. The van der Waals surface area contributed by atoms with Crippen molar-refractivity contribution in [2.24, 2.45) is 0 Å². The van der Waals surface area contributed by atoms with Gasteiger partial charge in [0.05, 0.1) is 11.9 Å². The van der Waals surface area contributed by atoms with Crippen LogP contribution in [0.3, 0.4) is 0 Å². The topological polar surface area (TPSA) is 86.8 Å². The van der Waals surface area contributed by atoms with Gasteiger partial charge in [-0.2, -0.15) is 0 Å². The molecule has 0 aliphatic rings. The summed E-state index contributed by atoms with van der Waals surface area (Å²) in [7, 11) is -3.83. The Bertz CT molecular complexity index is 1050. The summed E-state index contributed by atoms with van der Waals surface area (Å²) in [6.07, 6.45) is 0.994. The van der Waals surface area contributed by atoms with E-state index in [-0.39, 0.29) is 17.8 Å². The van der Waals surface area contributed by atoms with Crippen molar-refractivity contribution >= 4 is 43.5 Å². The summed E-state index contributed by atoms with van der Waals surface area (Å²) < 4.78 is 40.6. The molecule has 0 radical (unpaired) electrons. The normalized spacial score (nSPS) is 12.2. The van der Waals surface area contributed by atoms with Crippen molar-refractivity contribution in [3.05, 3.63) is 64.4 Å². The van der Waals surface area contributed by atoms with Gasteiger partial charge >= 0.3 is 0 Å². The van der Waals surface area contributed by atoms with Crippen molar-refractivity contribution < 1.29 is 22.4 Å². The number of nitrogens with zero attached hydrogens (tertiary/aromatic N) is 2. The first-order valence-corrected chi connectivity index (χ1v) is 12.2. The average Bonchev–Trinajstić information content (AvgIpc) is 2.71. The van der Waals surface area contributed by atoms with Crippen LogP contribution in [-0.2, 0) is 26.2 Å². The lowest BCUT2D eigenvalue weighted by atomic mass is 10.1. The van der Waals surface area contributed by atoms with Gasteiger partial charge < -0.3 is 10.2 Å². The van der Waals surface area contributed by atoms with E-state index in [0.29, 0.717) is 11.0 Å². The van der Waals surface area contributed by atoms with Gasteiger partial charge in [0.25, 0.3) is 0 Å². The van der Waals surface area contributed by atoms with E-state index in [1.54, 1.807) is 37.3 Å². The van der Waals surface area contributed by atoms with E-state index < -0.39 is 40.2 Å². The fourth-order valence-electron chi connectivity index (χ4n) is 2.96. The molecule has 0 aliphatic heterocycles. The molecule has 0 fully saturated rings. The van der Waals surface area contributed by atoms with Gasteiger partial charge in [-0.3, -0.25) is 13.9 Å². The van der Waals surface area contributed by atoms with E-state index in [1.807, 2.05) is 0 Å². The van der Waals surface area contributed by atoms with E-state index in [9.17, 15) is 22.4 Å². The highest BCUT2D eigenvalue weighted by molar-refractivity contribution is 9.10. The quantitative estimate of drug-likeness (QED) is 0.558. The zero-order valence-electron chi connectivity index (χ0n) is 17.5. The molecule has 2 amide bonds. The van der Waals surface area contributed by atoms with Gasteiger partial charge in [0, 0.05) is 23.1 Å². The highest BCUT2D eigenvalue weighted by Crippen LogP contribution is 2.28. The molecule has 2 aromatic carbocycles. The smallest absolute Gasteiger partial charge is 0.244 e. The standard InChI is InChI=1S/C21H25BrFN3O4S/c1-4-24-21(28)15(2)25(13-16-9-5-7-11-18(16)23)20(27)14-26(31(3,29)30)19-12-8-6-10-17(19)22/h5-12,15H,4,13-14H2,1-3H3,(H,24,28). The molecule has 168 valence electrons. The molecule has 2 rings (SSSR count). The Kier molecular flexibility index (Phi) is 8.58. The van der Waals surface area contributed by atoms with Crippen molar-refractivity contribution in [2.75, 3.05) is 23.7 Å². The number of amides is 2. The van der Waals surface area contributed by atoms with E-state index in [1.165, 1.54) is 30.0 Å². The Morgan fingerprint density at radius 2 is 1.74 bits per heavy atom. The fraction of sp³-hybridized carbons (Fsp3) is 0.333. The molecule has 0 aromatic heterocycles. The maximum atomic E-state index is 14.2. The molecule has 1 unspecified atom stereocenters. The summed E-state index contributed by atoms with van der Waals surface area (Å²) in [6, 6.07) is 11.6. The lowest BCUT2D eigenvalue weighted by Gasteiger charge is -2.31. The van der Waals surface area contributed by atoms with E-state index in [2.05, 4.69) is 21.2 Å². The summed E-state index contributed by atoms with van der Waals surface area (Å²) in [5, 5.41) is 2.64. The SMILES string of the molecule is CCNC(=O)C(C)N(Cc1ccccc1F)C(=O)CN(c1ccccc1Br)S(C)(=O)=O. The molecule has 0 spiro atoms. The fourth-order valence-corrected chi connectivity index (χ4v) is 4.44. The highest BCUT2D eigenvalue weighted by Gasteiger charge is 2.30. The maximum Gasteiger partial charge on any atom is 0.244 e. The second kappa shape index (κ2) is 10.7. The van der Waals surface area contributed by atoms with Crippen molar-refractivity contribution in [1.29, 1.82) is 0 Å². The zero-order valence-corrected chi connectivity index (χ0v) is 19.9. The molecule has 0 heterocycles. The van der Waals surface area contributed by atoms with E-state index >= 15 is 0 Å². The molecule has 1 atom stereocenters. The van der Waals surface area contributed by atoms with Gasteiger partial charge in [-0.15, -0.1) is 0 Å². The van der Waals surface area contributed by atoms with Crippen LogP contribution in [0.2, 0.25) is 0 Å². The number of nitrogens with one attached hydrogen (secondary N) is 1. The third kappa shape index (κ3) is 6.51. The van der Waals surface area contributed by atoms with Crippen molar-refractivity contribution in [2.45, 2.75) is 26.4 Å². The number of benzene rings is 2. The Morgan fingerprint density at radius 3 is 2.32 bits per heavy atom. The minimum Gasteiger partial charge on any atom is -0.355 e. The first-order valence-electron chi connectivity index (χ1n) is 9.59. The van der Waals surface area contributed by atoms with Crippen LogP contribution in [0.25, 0.3) is 0 Å². The molecular formula is C21H25BrFN3O4S. The lowest BCUT2D eigenvalue weighted by molar-refractivity contribution is -0.139. The predicted molar refractivity (Wildman–Crippen MR) is 121 cm³/mol. The minimum atomic E-state index is -3.83. The summed E-state index contributed by atoms with van der Waals surface area (Å²) in [4.78, 5) is 26.9. The second-order valence-corrected chi connectivity index (χ2v) is 9.67. The molecule has 0 saturated heterocycles. The van der Waals surface area contributed by atoms with Crippen LogP contribution >= 0.6 is 15.9 Å². The Balaban J connectivity index is 2.41. The molecule has 31 heavy (non-hydrogen) atoms. The largest absolute Gasteiger partial charge is 0.355 e. The van der Waals surface area contributed by atoms with E-state index in [4.69, 9.17) is 0 Å². The van der Waals surface area contributed by atoms with Crippen LogP contribution in [0.15, 0.2) is 53.0 Å². The lowest BCUT2D eigenvalue weighted by Crippen LogP contribution is -2.51. The van der Waals surface area contributed by atoms with Crippen molar-refractivity contribution in [1.82, 2.24) is 10.2 Å². The Hall–Kier alpha value is -2.46. The molecule has 7 nitrogen and oxygen atoms in total. The number of likely N-dealkylation sites (N-methyl/N-ethyl adjacent to an activating group) is 1. The van der Waals surface area contributed by atoms with Gasteiger partial charge in [-0.25, -0.2) is 12.8 Å². The van der Waals surface area contributed by atoms with Crippen LogP contribution < -0.4 is 9.62 Å². The summed E-state index contributed by atoms with van der Waals surface area (Å²) in [5.41, 5.74) is 0.508. The first-order chi connectivity index (χ1) is 14.6. The molecule has 10 heteroatoms. The second-order valence-electron chi connectivity index (χ2n) is 6.90. The summed E-state index contributed by atoms with van der Waals surface area (Å²) >= 11 is 3.31. The molecule has 0 bridgehead atoms. The molecule has 0 saturated carbocycles. The monoisotopic (exact) mass is 513 g/mol. The number of rotatable bonds is 9. The number of halogens is 2. The zero-order chi connectivity index (χ0) is 23.2. The number of sulfonamides is 1. The minimum absolute atomic E-state index is 0.183. The number of carbonyl (C=O) groups excluding carboxylic acids is 2. The Morgan fingerprint density at radius 1 is 1.13 bits per heavy atom. The highest BCUT2D eigenvalue weighted by atomic mass is 79.9. The van der Waals surface area contributed by atoms with Crippen LogP contribution in [0, 0.1) is 5.82 Å². The predicted octanol–water partition coefficient (Wildman–Crippen LogP) is 2.91. The molecular weight excluding hydrogens is 489 g/mol. The molecule has 2 aromatic rings. The third-order valence-electron chi connectivity index (χ3n) is 4.62. The van der Waals surface area contributed by atoms with Gasteiger partial charge in [0.1, 0.15) is 18.4 Å². The Labute approximate surface area is 190 Å². The van der Waals surface area contributed by atoms with Crippen LogP contribution in [-0.4, -0.2) is 50.5 Å². The molecule has 0 aliphatic carbocycles. The number of para-hydroxylation sites is 1. The van der Waals surface area contributed by atoms with Crippen LogP contribution in [0.1, 0.15) is 19.4 Å². The van der Waals surface area contributed by atoms with Gasteiger partial charge in [0.15, 0.2) is 0 Å². The van der Waals surface area contributed by atoms with Crippen LogP contribution in [0.4, 0.5) is 10.1 Å². The van der Waals surface area contributed by atoms with Crippen LogP contribution in [0.5, 0.6) is 0 Å². The number of hydrogen-bond donors (Lipinski definition) is 1. The van der Waals surface area contributed by atoms with Gasteiger partial charge in [-0.05, 0) is 48.0 Å². The van der Waals surface area contributed by atoms with Crippen molar-refractivity contribution in [3.8, 4) is 0 Å². The first kappa shape index (κ1) is 24.8. The third-order valence-corrected chi connectivity index (χ3v) is 6.41. The van der Waals surface area contributed by atoms with Crippen molar-refractivity contribution in [3.63, 3.8) is 0 Å². The maximum absolute atomic E-state index is 14.2. The van der Waals surface area contributed by atoms with E-state index in [0.717, 1.165) is 10.6 Å². The summed E-state index contributed by atoms with van der Waals surface area (Å²) in [5.74, 6) is -1.57. The number of hydrogen-bond acceptors (Lipinski definition) is 4. The summed E-state index contributed by atoms with van der Waals surface area (Å²) in [6.45, 7) is 2.90. The average molecular weight is 514 g/mol.